The molecule has 2 nitrogen and oxygen atoms in total. The van der Waals surface area contributed by atoms with Crippen molar-refractivity contribution in [2.45, 2.75) is 19.8 Å². The number of aryl methyl sites for hydroxylation is 1. The number of hydrogen-bond donors (Lipinski definition) is 0. The number of aromatic nitrogens is 2. The summed E-state index contributed by atoms with van der Waals surface area (Å²) in [4.78, 5) is 4.99. The Balaban J connectivity index is 2.08. The number of hydrogen-bond acceptors (Lipinski definition) is 1. The summed E-state index contributed by atoms with van der Waals surface area (Å²) in [6, 6.07) is 27.8. The van der Waals surface area contributed by atoms with Crippen LogP contribution in [-0.4, -0.2) is 9.38 Å². The number of fused-ring (bicyclic) bond motifs is 5. The molecule has 0 unspecified atom stereocenters. The molecule has 3 aromatic carbocycles. The lowest BCUT2D eigenvalue weighted by molar-refractivity contribution is 0.923. The third-order valence-corrected chi connectivity index (χ3v) is 5.11. The lowest BCUT2D eigenvalue weighted by atomic mass is 9.96. The van der Waals surface area contributed by atoms with Crippen LogP contribution >= 0.6 is 0 Å². The van der Waals surface area contributed by atoms with Crippen molar-refractivity contribution in [2.75, 3.05) is 0 Å². The van der Waals surface area contributed by atoms with Gasteiger partial charge in [0.1, 0.15) is 5.65 Å². The van der Waals surface area contributed by atoms with Gasteiger partial charge in [0, 0.05) is 5.39 Å². The number of imidazole rings is 1. The summed E-state index contributed by atoms with van der Waals surface area (Å²) in [6.45, 7) is 2.25. The lowest BCUT2D eigenvalue weighted by Gasteiger charge is -2.17. The topological polar surface area (TPSA) is 17.3 Å². The second kappa shape index (κ2) is 5.99. The number of pyridine rings is 1. The largest absolute Gasteiger partial charge is 0.291 e. The SMILES string of the molecule is CCCc1c(-c2ccccc2)n2c3ccccc3nc2c2ccccc12. The molecule has 2 heteroatoms. The maximum atomic E-state index is 4.99. The highest BCUT2D eigenvalue weighted by atomic mass is 15.0. The van der Waals surface area contributed by atoms with Crippen LogP contribution in [0, 0.1) is 0 Å². The zero-order valence-electron chi connectivity index (χ0n) is 14.8. The number of rotatable bonds is 3. The molecule has 5 aromatic rings. The Morgan fingerprint density at radius 1 is 0.769 bits per heavy atom. The van der Waals surface area contributed by atoms with Crippen LogP contribution < -0.4 is 0 Å². The summed E-state index contributed by atoms with van der Waals surface area (Å²) in [7, 11) is 0. The normalized spacial score (nSPS) is 11.6. The highest BCUT2D eigenvalue weighted by molar-refractivity contribution is 6.03. The fraction of sp³-hybridized carbons (Fsp3) is 0.125. The molecule has 26 heavy (non-hydrogen) atoms. The molecule has 126 valence electrons. The van der Waals surface area contributed by atoms with Crippen LogP contribution in [-0.2, 0) is 6.42 Å². The summed E-state index contributed by atoms with van der Waals surface area (Å²) >= 11 is 0. The molecule has 5 rings (SSSR count). The van der Waals surface area contributed by atoms with E-state index in [4.69, 9.17) is 4.98 Å². The second-order valence-corrected chi connectivity index (χ2v) is 6.75. The molecule has 0 amide bonds. The average Bonchev–Trinajstić information content (AvgIpc) is 3.09. The predicted octanol–water partition coefficient (Wildman–Crippen LogP) is 6.26. The van der Waals surface area contributed by atoms with Crippen LogP contribution in [0.3, 0.4) is 0 Å². The first-order valence-electron chi connectivity index (χ1n) is 9.24. The molecule has 0 saturated carbocycles. The van der Waals surface area contributed by atoms with Crippen molar-refractivity contribution in [3.63, 3.8) is 0 Å². The highest BCUT2D eigenvalue weighted by Crippen LogP contribution is 2.36. The average molecular weight is 336 g/mol. The van der Waals surface area contributed by atoms with E-state index in [-0.39, 0.29) is 0 Å². The van der Waals surface area contributed by atoms with E-state index in [0.29, 0.717) is 0 Å². The minimum atomic E-state index is 1.04. The molecule has 0 aliphatic rings. The van der Waals surface area contributed by atoms with Crippen molar-refractivity contribution in [1.82, 2.24) is 9.38 Å². The molecule has 0 aliphatic carbocycles. The fourth-order valence-electron chi connectivity index (χ4n) is 4.04. The van der Waals surface area contributed by atoms with Gasteiger partial charge in [-0.05, 0) is 35.1 Å². The molecular weight excluding hydrogens is 316 g/mol. The highest BCUT2D eigenvalue weighted by Gasteiger charge is 2.18. The monoisotopic (exact) mass is 336 g/mol. The smallest absolute Gasteiger partial charge is 0.146 e. The van der Waals surface area contributed by atoms with Gasteiger partial charge in [-0.15, -0.1) is 0 Å². The third kappa shape index (κ3) is 2.15. The summed E-state index contributed by atoms with van der Waals surface area (Å²) < 4.78 is 2.36. The van der Waals surface area contributed by atoms with Gasteiger partial charge in [-0.1, -0.05) is 80.1 Å². The quantitative estimate of drug-likeness (QED) is 0.380. The second-order valence-electron chi connectivity index (χ2n) is 6.75. The van der Waals surface area contributed by atoms with Crippen molar-refractivity contribution < 1.29 is 0 Å². The summed E-state index contributed by atoms with van der Waals surface area (Å²) in [5.74, 6) is 0. The van der Waals surface area contributed by atoms with Crippen LogP contribution in [0.2, 0.25) is 0 Å². The van der Waals surface area contributed by atoms with Crippen molar-refractivity contribution >= 4 is 27.5 Å². The molecule has 0 N–H and O–H groups in total. The fourth-order valence-corrected chi connectivity index (χ4v) is 4.04. The van der Waals surface area contributed by atoms with Gasteiger partial charge in [-0.25, -0.2) is 4.98 Å². The molecule has 0 spiro atoms. The van der Waals surface area contributed by atoms with Crippen molar-refractivity contribution in [3.05, 3.63) is 84.4 Å². The first-order chi connectivity index (χ1) is 12.9. The van der Waals surface area contributed by atoms with Crippen LogP contribution in [0.4, 0.5) is 0 Å². The van der Waals surface area contributed by atoms with E-state index in [2.05, 4.69) is 90.2 Å². The molecule has 0 radical (unpaired) electrons. The Bertz CT molecular complexity index is 1230. The van der Waals surface area contributed by atoms with Crippen LogP contribution in [0.1, 0.15) is 18.9 Å². The van der Waals surface area contributed by atoms with Crippen molar-refractivity contribution in [1.29, 1.82) is 0 Å². The van der Waals surface area contributed by atoms with Gasteiger partial charge in [-0.2, -0.15) is 0 Å². The Hall–Kier alpha value is -3.13. The van der Waals surface area contributed by atoms with Gasteiger partial charge in [-0.3, -0.25) is 4.40 Å². The first-order valence-corrected chi connectivity index (χ1v) is 9.24. The minimum Gasteiger partial charge on any atom is -0.291 e. The van der Waals surface area contributed by atoms with Crippen molar-refractivity contribution in [2.24, 2.45) is 0 Å². The third-order valence-electron chi connectivity index (χ3n) is 5.11. The Kier molecular flexibility index (Phi) is 3.49. The molecule has 2 aromatic heterocycles. The van der Waals surface area contributed by atoms with E-state index in [0.717, 1.165) is 24.0 Å². The van der Waals surface area contributed by atoms with E-state index < -0.39 is 0 Å². The summed E-state index contributed by atoms with van der Waals surface area (Å²) in [5.41, 5.74) is 7.18. The Labute approximate surface area is 152 Å². The summed E-state index contributed by atoms with van der Waals surface area (Å²) in [5, 5.41) is 2.54. The summed E-state index contributed by atoms with van der Waals surface area (Å²) in [6.07, 6.45) is 2.16. The van der Waals surface area contributed by atoms with Gasteiger partial charge in [0.05, 0.1) is 16.7 Å². The standard InChI is InChI=1S/C24H20N2/c1-2-10-19-18-13-6-7-14-20(18)24-25-21-15-8-9-16-22(21)26(24)23(19)17-11-4-3-5-12-17/h3-9,11-16H,2,10H2,1H3. The number of para-hydroxylation sites is 2. The lowest BCUT2D eigenvalue weighted by Crippen LogP contribution is -2.01. The molecule has 0 aliphatic heterocycles. The predicted molar refractivity (Wildman–Crippen MR) is 110 cm³/mol. The molecule has 0 atom stereocenters. The molecule has 0 bridgehead atoms. The maximum Gasteiger partial charge on any atom is 0.146 e. The number of benzene rings is 3. The van der Waals surface area contributed by atoms with Crippen molar-refractivity contribution in [3.8, 4) is 11.3 Å². The maximum absolute atomic E-state index is 4.99. The molecule has 0 fully saturated rings. The van der Waals surface area contributed by atoms with Gasteiger partial charge in [0.25, 0.3) is 0 Å². The van der Waals surface area contributed by atoms with Gasteiger partial charge < -0.3 is 0 Å². The van der Waals surface area contributed by atoms with E-state index in [1.807, 2.05) is 0 Å². The van der Waals surface area contributed by atoms with Gasteiger partial charge >= 0.3 is 0 Å². The van der Waals surface area contributed by atoms with E-state index in [1.54, 1.807) is 0 Å². The van der Waals surface area contributed by atoms with E-state index in [1.165, 1.54) is 33.1 Å². The van der Waals surface area contributed by atoms with E-state index >= 15 is 0 Å². The van der Waals surface area contributed by atoms with Crippen LogP contribution in [0.25, 0.3) is 38.7 Å². The Morgan fingerprint density at radius 2 is 1.46 bits per heavy atom. The Morgan fingerprint density at radius 3 is 2.27 bits per heavy atom. The minimum absolute atomic E-state index is 1.04. The molecular formula is C24H20N2. The zero-order chi connectivity index (χ0) is 17.5. The van der Waals surface area contributed by atoms with E-state index in [9.17, 15) is 0 Å². The van der Waals surface area contributed by atoms with Gasteiger partial charge in [0.2, 0.25) is 0 Å². The zero-order valence-corrected chi connectivity index (χ0v) is 14.8. The molecule has 0 saturated heterocycles. The van der Waals surface area contributed by atoms with Crippen LogP contribution in [0.15, 0.2) is 78.9 Å². The number of nitrogens with zero attached hydrogens (tertiary/aromatic N) is 2. The first kappa shape index (κ1) is 15.2. The molecule has 2 heterocycles. The van der Waals surface area contributed by atoms with Crippen LogP contribution in [0.5, 0.6) is 0 Å². The van der Waals surface area contributed by atoms with Gasteiger partial charge in [0.15, 0.2) is 0 Å².